The van der Waals surface area contributed by atoms with E-state index < -0.39 is 11.1 Å². The molecular weight excluding hydrogens is 562 g/mol. The molecule has 0 aliphatic carbocycles. The van der Waals surface area contributed by atoms with E-state index in [0.29, 0.717) is 16.0 Å². The van der Waals surface area contributed by atoms with Gasteiger partial charge in [0.05, 0.1) is 39.0 Å². The fourth-order valence-electron chi connectivity index (χ4n) is 5.31. The first-order chi connectivity index (χ1) is 19.5. The van der Waals surface area contributed by atoms with Crippen LogP contribution in [0.3, 0.4) is 0 Å². The van der Waals surface area contributed by atoms with Gasteiger partial charge in [-0.05, 0) is 85.1 Å². The molecule has 0 radical (unpaired) electrons. The standard InChI is InChI=1S/C31H28ClN3O3S2/c1-38-24-13-11-21(12-14-24)27-10-5-17-34(27)20-23-19-29(35(33-23)28-9-3-2-8-26(28)32)31-16-15-30(39-31)22-6-4-7-25(18-22)40(36)37/h2-4,6-9,11-16,18-19,27H,5,10,17,20H2,1H3,(H,36,37). The Morgan fingerprint density at radius 3 is 2.60 bits per heavy atom. The molecule has 1 saturated heterocycles. The van der Waals surface area contributed by atoms with Crippen LogP contribution in [0.4, 0.5) is 0 Å². The normalized spacial score (nSPS) is 16.3. The molecule has 6 rings (SSSR count). The zero-order valence-electron chi connectivity index (χ0n) is 21.9. The van der Waals surface area contributed by atoms with Crippen LogP contribution >= 0.6 is 22.9 Å². The van der Waals surface area contributed by atoms with Gasteiger partial charge in [-0.25, -0.2) is 8.89 Å². The quantitative estimate of drug-likeness (QED) is 0.187. The number of nitrogens with zero attached hydrogens (tertiary/aromatic N) is 3. The number of aromatic nitrogens is 2. The summed E-state index contributed by atoms with van der Waals surface area (Å²) in [6, 6.07) is 29.9. The van der Waals surface area contributed by atoms with Crippen LogP contribution in [0.25, 0.3) is 26.7 Å². The first-order valence-corrected chi connectivity index (χ1v) is 15.3. The third kappa shape index (κ3) is 5.50. The maximum Gasteiger partial charge on any atom is 0.186 e. The Kier molecular flexibility index (Phi) is 7.87. The van der Waals surface area contributed by atoms with E-state index in [9.17, 15) is 8.76 Å². The highest BCUT2D eigenvalue weighted by Gasteiger charge is 2.27. The number of methoxy groups -OCH3 is 1. The molecule has 0 bridgehead atoms. The van der Waals surface area contributed by atoms with Gasteiger partial charge in [0, 0.05) is 17.5 Å². The molecule has 204 valence electrons. The molecule has 40 heavy (non-hydrogen) atoms. The summed E-state index contributed by atoms with van der Waals surface area (Å²) in [5.41, 5.74) is 4.95. The van der Waals surface area contributed by atoms with Crippen molar-refractivity contribution >= 4 is 34.0 Å². The fourth-order valence-corrected chi connectivity index (χ4v) is 6.95. The lowest BCUT2D eigenvalue weighted by atomic mass is 10.0. The lowest BCUT2D eigenvalue weighted by molar-refractivity contribution is 0.245. The third-order valence-corrected chi connectivity index (χ3v) is 9.38. The molecule has 1 aliphatic rings. The molecule has 0 amide bonds. The highest BCUT2D eigenvalue weighted by Crippen LogP contribution is 2.38. The van der Waals surface area contributed by atoms with Gasteiger partial charge >= 0.3 is 0 Å². The second kappa shape index (κ2) is 11.7. The predicted molar refractivity (Wildman–Crippen MR) is 162 cm³/mol. The maximum absolute atomic E-state index is 11.6. The van der Waals surface area contributed by atoms with Gasteiger partial charge in [-0.2, -0.15) is 5.10 Å². The summed E-state index contributed by atoms with van der Waals surface area (Å²) in [5.74, 6) is 0.864. The van der Waals surface area contributed by atoms with Crippen molar-refractivity contribution < 1.29 is 13.5 Å². The average molecular weight is 590 g/mol. The van der Waals surface area contributed by atoms with Gasteiger partial charge < -0.3 is 9.29 Å². The summed E-state index contributed by atoms with van der Waals surface area (Å²) >= 11 is 6.24. The van der Waals surface area contributed by atoms with E-state index in [2.05, 4.69) is 29.2 Å². The van der Waals surface area contributed by atoms with Crippen LogP contribution in [-0.2, 0) is 17.6 Å². The molecule has 0 saturated carbocycles. The molecule has 1 N–H and O–H groups in total. The van der Waals surface area contributed by atoms with Gasteiger partial charge in [0.1, 0.15) is 5.75 Å². The van der Waals surface area contributed by atoms with E-state index >= 15 is 0 Å². The molecule has 9 heteroatoms. The summed E-state index contributed by atoms with van der Waals surface area (Å²) in [7, 11) is 1.69. The van der Waals surface area contributed by atoms with E-state index in [-0.39, 0.29) is 0 Å². The number of thiophene rings is 1. The molecule has 0 spiro atoms. The summed E-state index contributed by atoms with van der Waals surface area (Å²) in [6.07, 6.45) is 2.25. The van der Waals surface area contributed by atoms with Gasteiger partial charge in [-0.1, -0.05) is 48.0 Å². The van der Waals surface area contributed by atoms with Gasteiger partial charge in [0.25, 0.3) is 0 Å². The van der Waals surface area contributed by atoms with E-state index in [1.54, 1.807) is 36.6 Å². The molecule has 2 unspecified atom stereocenters. The number of para-hydroxylation sites is 1. The number of hydrogen-bond acceptors (Lipinski definition) is 5. The number of likely N-dealkylation sites (tertiary alicyclic amines) is 1. The summed E-state index contributed by atoms with van der Waals surface area (Å²) < 4.78 is 28.4. The zero-order valence-corrected chi connectivity index (χ0v) is 24.3. The monoisotopic (exact) mass is 589 g/mol. The topological polar surface area (TPSA) is 67.6 Å². The maximum atomic E-state index is 11.6. The minimum absolute atomic E-state index is 0.331. The second-order valence-corrected chi connectivity index (χ2v) is 12.2. The van der Waals surface area contributed by atoms with Gasteiger partial charge in [0.15, 0.2) is 11.1 Å². The largest absolute Gasteiger partial charge is 0.497 e. The molecule has 1 aliphatic heterocycles. The highest BCUT2D eigenvalue weighted by molar-refractivity contribution is 7.79. The lowest BCUT2D eigenvalue weighted by Crippen LogP contribution is -2.23. The molecule has 3 heterocycles. The van der Waals surface area contributed by atoms with Crippen LogP contribution in [0, 0.1) is 0 Å². The first kappa shape index (κ1) is 26.9. The van der Waals surface area contributed by atoms with E-state index in [0.717, 1.165) is 64.1 Å². The van der Waals surface area contributed by atoms with Crippen LogP contribution in [0.1, 0.15) is 30.1 Å². The van der Waals surface area contributed by atoms with Gasteiger partial charge in [-0.3, -0.25) is 4.90 Å². The lowest BCUT2D eigenvalue weighted by Gasteiger charge is -2.24. The van der Waals surface area contributed by atoms with E-state index in [1.165, 1.54) is 5.56 Å². The average Bonchev–Trinajstić information content (AvgIpc) is 3.74. The number of rotatable bonds is 8. The smallest absolute Gasteiger partial charge is 0.186 e. The van der Waals surface area contributed by atoms with Crippen LogP contribution in [-0.4, -0.2) is 37.1 Å². The van der Waals surface area contributed by atoms with Crippen molar-refractivity contribution in [2.24, 2.45) is 0 Å². The molecule has 2 atom stereocenters. The molecular formula is C31H28ClN3O3S2. The number of benzene rings is 3. The van der Waals surface area contributed by atoms with Crippen LogP contribution in [0.5, 0.6) is 5.75 Å². The molecule has 6 nitrogen and oxygen atoms in total. The third-order valence-electron chi connectivity index (χ3n) is 7.25. The number of hydrogen-bond donors (Lipinski definition) is 1. The van der Waals surface area contributed by atoms with Crippen molar-refractivity contribution in [3.8, 4) is 32.4 Å². The minimum Gasteiger partial charge on any atom is -0.497 e. The predicted octanol–water partition coefficient (Wildman–Crippen LogP) is 7.85. The van der Waals surface area contributed by atoms with Gasteiger partial charge in [-0.15, -0.1) is 11.3 Å². The molecule has 1 fully saturated rings. The van der Waals surface area contributed by atoms with E-state index in [1.807, 2.05) is 53.2 Å². The Labute approximate surface area is 245 Å². The fraction of sp³-hybridized carbons (Fsp3) is 0.194. The zero-order chi connectivity index (χ0) is 27.6. The Morgan fingerprint density at radius 2 is 1.82 bits per heavy atom. The van der Waals surface area contributed by atoms with Crippen molar-refractivity contribution in [3.63, 3.8) is 0 Å². The highest BCUT2D eigenvalue weighted by atomic mass is 35.5. The van der Waals surface area contributed by atoms with Crippen LogP contribution in [0.2, 0.25) is 5.02 Å². The molecule has 5 aromatic rings. The first-order valence-electron chi connectivity index (χ1n) is 13.0. The summed E-state index contributed by atoms with van der Waals surface area (Å²) in [6.45, 7) is 1.74. The number of ether oxygens (including phenoxy) is 1. The summed E-state index contributed by atoms with van der Waals surface area (Å²) in [4.78, 5) is 4.92. The van der Waals surface area contributed by atoms with Crippen LogP contribution < -0.4 is 4.74 Å². The van der Waals surface area contributed by atoms with Gasteiger partial charge in [0.2, 0.25) is 0 Å². The molecule has 3 aromatic carbocycles. The Bertz CT molecular complexity index is 1660. The Hall–Kier alpha value is -3.27. The second-order valence-electron chi connectivity index (χ2n) is 9.73. The SMILES string of the molecule is COc1ccc(C2CCCN2Cc2cc(-c3ccc(-c4cccc(S(=O)O)c4)s3)n(-c3ccccc3Cl)n2)cc1. The Morgan fingerprint density at radius 1 is 1.02 bits per heavy atom. The minimum atomic E-state index is -2.03. The van der Waals surface area contributed by atoms with Crippen molar-refractivity contribution in [3.05, 3.63) is 107 Å². The Balaban J connectivity index is 1.35. The van der Waals surface area contributed by atoms with Crippen LogP contribution in [0.15, 0.2) is 95.9 Å². The van der Waals surface area contributed by atoms with Crippen molar-refractivity contribution in [1.29, 1.82) is 0 Å². The van der Waals surface area contributed by atoms with Crippen molar-refractivity contribution in [2.45, 2.75) is 30.3 Å². The van der Waals surface area contributed by atoms with E-state index in [4.69, 9.17) is 21.4 Å². The van der Waals surface area contributed by atoms with Crippen molar-refractivity contribution in [2.75, 3.05) is 13.7 Å². The van der Waals surface area contributed by atoms with Crippen molar-refractivity contribution in [1.82, 2.24) is 14.7 Å². The molecule has 2 aromatic heterocycles. The number of halogens is 1. The summed E-state index contributed by atoms with van der Waals surface area (Å²) in [5, 5.41) is 5.69.